The monoisotopic (exact) mass is 305 g/mol. The summed E-state index contributed by atoms with van der Waals surface area (Å²) in [6.45, 7) is 0. The van der Waals surface area contributed by atoms with Crippen LogP contribution in [0, 0.1) is 11.3 Å². The first-order valence-corrected chi connectivity index (χ1v) is 6.50. The summed E-state index contributed by atoms with van der Waals surface area (Å²) in [4.78, 5) is 4.30. The van der Waals surface area contributed by atoms with Gasteiger partial charge in [-0.15, -0.1) is 0 Å². The highest BCUT2D eigenvalue weighted by atomic mass is 79.9. The molecule has 1 heterocycles. The van der Waals surface area contributed by atoms with E-state index in [1.807, 2.05) is 24.3 Å². The second-order valence-corrected chi connectivity index (χ2v) is 4.83. The molecule has 5 heteroatoms. The van der Waals surface area contributed by atoms with E-state index < -0.39 is 0 Å². The number of nitriles is 1. The van der Waals surface area contributed by atoms with Gasteiger partial charge in [0.2, 0.25) is 5.89 Å². The van der Waals surface area contributed by atoms with Crippen LogP contribution in [-0.2, 0) is 12.8 Å². The maximum Gasteiger partial charge on any atom is 0.226 e. The number of hydrogen-bond donors (Lipinski definition) is 0. The molecule has 4 nitrogen and oxygen atoms in total. The van der Waals surface area contributed by atoms with Crippen LogP contribution in [0.5, 0.6) is 0 Å². The Morgan fingerprint density at radius 3 is 2.78 bits per heavy atom. The standard InChI is InChI=1S/C13H12BrN3O/c14-11-6-4-10(5-7-11)9-12-16-13(18-17-12)3-1-2-8-15/h4-7H,1-3,9H2. The van der Waals surface area contributed by atoms with E-state index in [1.54, 1.807) is 0 Å². The highest BCUT2D eigenvalue weighted by Crippen LogP contribution is 2.13. The van der Waals surface area contributed by atoms with E-state index in [-0.39, 0.29) is 0 Å². The Kier molecular flexibility index (Phi) is 4.48. The zero-order chi connectivity index (χ0) is 12.8. The molecule has 0 aliphatic carbocycles. The number of rotatable bonds is 5. The second kappa shape index (κ2) is 6.31. The summed E-state index contributed by atoms with van der Waals surface area (Å²) >= 11 is 3.39. The average molecular weight is 306 g/mol. The fourth-order valence-electron chi connectivity index (χ4n) is 1.57. The fourth-order valence-corrected chi connectivity index (χ4v) is 1.83. The van der Waals surface area contributed by atoms with Crippen molar-refractivity contribution in [3.63, 3.8) is 0 Å². The highest BCUT2D eigenvalue weighted by molar-refractivity contribution is 9.10. The molecule has 0 aliphatic rings. The summed E-state index contributed by atoms with van der Waals surface area (Å²) in [5.41, 5.74) is 1.14. The third kappa shape index (κ3) is 3.67. The Balaban J connectivity index is 1.94. The zero-order valence-corrected chi connectivity index (χ0v) is 11.4. The normalized spacial score (nSPS) is 10.2. The van der Waals surface area contributed by atoms with Crippen LogP contribution in [0.25, 0.3) is 0 Å². The van der Waals surface area contributed by atoms with Crippen molar-refractivity contribution in [3.8, 4) is 6.07 Å². The summed E-state index contributed by atoms with van der Waals surface area (Å²) in [6, 6.07) is 10.1. The quantitative estimate of drug-likeness (QED) is 0.795. The molecule has 0 amide bonds. The summed E-state index contributed by atoms with van der Waals surface area (Å²) in [6.07, 6.45) is 2.61. The molecule has 1 aromatic heterocycles. The van der Waals surface area contributed by atoms with Gasteiger partial charge in [-0.05, 0) is 24.1 Å². The van der Waals surface area contributed by atoms with Gasteiger partial charge in [0, 0.05) is 23.7 Å². The Hall–Kier alpha value is -1.67. The predicted molar refractivity (Wildman–Crippen MR) is 69.8 cm³/mol. The number of nitrogens with zero attached hydrogens (tertiary/aromatic N) is 3. The molecule has 0 fully saturated rings. The number of halogens is 1. The van der Waals surface area contributed by atoms with Gasteiger partial charge < -0.3 is 4.52 Å². The molecule has 0 atom stereocenters. The van der Waals surface area contributed by atoms with Gasteiger partial charge in [0.05, 0.1) is 6.07 Å². The summed E-state index contributed by atoms with van der Waals surface area (Å²) < 4.78 is 6.18. The first-order chi connectivity index (χ1) is 8.78. The molecule has 2 rings (SSSR count). The zero-order valence-electron chi connectivity index (χ0n) is 9.77. The summed E-state index contributed by atoms with van der Waals surface area (Å²) in [5.74, 6) is 1.29. The molecular formula is C13H12BrN3O. The molecule has 0 unspecified atom stereocenters. The lowest BCUT2D eigenvalue weighted by Crippen LogP contribution is -1.91. The van der Waals surface area contributed by atoms with Gasteiger partial charge in [0.15, 0.2) is 5.82 Å². The van der Waals surface area contributed by atoms with Crippen LogP contribution in [-0.4, -0.2) is 10.1 Å². The Bertz CT molecular complexity index is 542. The van der Waals surface area contributed by atoms with E-state index in [4.69, 9.17) is 9.78 Å². The number of hydrogen-bond acceptors (Lipinski definition) is 4. The van der Waals surface area contributed by atoms with Gasteiger partial charge in [0.1, 0.15) is 0 Å². The third-order valence-corrected chi connectivity index (χ3v) is 2.99. The topological polar surface area (TPSA) is 62.7 Å². The van der Waals surface area contributed by atoms with Crippen molar-refractivity contribution in [2.45, 2.75) is 25.7 Å². The van der Waals surface area contributed by atoms with Crippen molar-refractivity contribution in [3.05, 3.63) is 46.0 Å². The second-order valence-electron chi connectivity index (χ2n) is 3.92. The van der Waals surface area contributed by atoms with E-state index in [1.165, 1.54) is 0 Å². The molecule has 0 bridgehead atoms. The average Bonchev–Trinajstić information content (AvgIpc) is 2.80. The van der Waals surface area contributed by atoms with Crippen molar-refractivity contribution in [2.75, 3.05) is 0 Å². The van der Waals surface area contributed by atoms with Gasteiger partial charge in [0.25, 0.3) is 0 Å². The van der Waals surface area contributed by atoms with Crippen LogP contribution in [0.2, 0.25) is 0 Å². The lowest BCUT2D eigenvalue weighted by molar-refractivity contribution is 0.371. The van der Waals surface area contributed by atoms with Crippen molar-refractivity contribution in [1.29, 1.82) is 5.26 Å². The lowest BCUT2D eigenvalue weighted by Gasteiger charge is -1.96. The first kappa shape index (κ1) is 12.8. The van der Waals surface area contributed by atoms with E-state index in [9.17, 15) is 0 Å². The minimum atomic E-state index is 0.518. The molecular weight excluding hydrogens is 294 g/mol. The number of aromatic nitrogens is 2. The number of aryl methyl sites for hydroxylation is 1. The minimum Gasteiger partial charge on any atom is -0.339 e. The maximum atomic E-state index is 8.45. The first-order valence-electron chi connectivity index (χ1n) is 5.71. The van der Waals surface area contributed by atoms with Crippen molar-refractivity contribution in [1.82, 2.24) is 10.1 Å². The van der Waals surface area contributed by atoms with E-state index in [2.05, 4.69) is 32.1 Å². The Morgan fingerprint density at radius 1 is 1.28 bits per heavy atom. The SMILES string of the molecule is N#CCCCc1nc(Cc2ccc(Br)cc2)no1. The Morgan fingerprint density at radius 2 is 2.06 bits per heavy atom. The molecule has 0 saturated heterocycles. The van der Waals surface area contributed by atoms with Crippen molar-refractivity contribution >= 4 is 15.9 Å². The largest absolute Gasteiger partial charge is 0.339 e. The molecule has 1 aromatic carbocycles. The molecule has 0 N–H and O–H groups in total. The van der Waals surface area contributed by atoms with Gasteiger partial charge in [-0.2, -0.15) is 10.2 Å². The molecule has 0 aliphatic heterocycles. The van der Waals surface area contributed by atoms with Gasteiger partial charge in [-0.1, -0.05) is 33.2 Å². The van der Waals surface area contributed by atoms with Crippen LogP contribution in [0.3, 0.4) is 0 Å². The fraction of sp³-hybridized carbons (Fsp3) is 0.308. The lowest BCUT2D eigenvalue weighted by atomic mass is 10.1. The Labute approximate surface area is 114 Å². The van der Waals surface area contributed by atoms with Crippen LogP contribution < -0.4 is 0 Å². The smallest absolute Gasteiger partial charge is 0.226 e. The van der Waals surface area contributed by atoms with E-state index in [0.29, 0.717) is 31.0 Å². The van der Waals surface area contributed by atoms with Crippen LogP contribution in [0.1, 0.15) is 30.1 Å². The summed E-state index contributed by atoms with van der Waals surface area (Å²) in [7, 11) is 0. The van der Waals surface area contributed by atoms with Gasteiger partial charge in [-0.3, -0.25) is 0 Å². The highest BCUT2D eigenvalue weighted by Gasteiger charge is 2.06. The number of unbranched alkanes of at least 4 members (excludes halogenated alkanes) is 1. The van der Waals surface area contributed by atoms with Crippen molar-refractivity contribution < 1.29 is 4.52 Å². The van der Waals surface area contributed by atoms with Crippen molar-refractivity contribution in [2.24, 2.45) is 0 Å². The van der Waals surface area contributed by atoms with Gasteiger partial charge in [-0.25, -0.2) is 0 Å². The van der Waals surface area contributed by atoms with E-state index in [0.717, 1.165) is 16.5 Å². The molecule has 92 valence electrons. The van der Waals surface area contributed by atoms with Crippen LogP contribution in [0.4, 0.5) is 0 Å². The summed E-state index contributed by atoms with van der Waals surface area (Å²) in [5, 5.41) is 12.4. The predicted octanol–water partition coefficient (Wildman–Crippen LogP) is 3.27. The molecule has 18 heavy (non-hydrogen) atoms. The van der Waals surface area contributed by atoms with Gasteiger partial charge >= 0.3 is 0 Å². The minimum absolute atomic E-state index is 0.518. The third-order valence-electron chi connectivity index (χ3n) is 2.46. The van der Waals surface area contributed by atoms with E-state index >= 15 is 0 Å². The molecule has 0 saturated carbocycles. The molecule has 0 spiro atoms. The van der Waals surface area contributed by atoms with Crippen LogP contribution >= 0.6 is 15.9 Å². The van der Waals surface area contributed by atoms with Crippen LogP contribution in [0.15, 0.2) is 33.3 Å². The maximum absolute atomic E-state index is 8.45. The molecule has 2 aromatic rings. The molecule has 0 radical (unpaired) electrons. The number of benzene rings is 1.